The average molecular weight is 183 g/mol. The highest BCUT2D eigenvalue weighted by molar-refractivity contribution is 7.97. The Balaban J connectivity index is 2.81. The second-order valence-corrected chi connectivity index (χ2v) is 3.49. The lowest BCUT2D eigenvalue weighted by molar-refractivity contribution is 0.763. The second-order valence-electron chi connectivity index (χ2n) is 2.62. The largest absolute Gasteiger partial charge is 0.323 e. The number of nitrogens with zero attached hydrogens (tertiary/aromatic N) is 2. The van der Waals surface area contributed by atoms with E-state index >= 15 is 0 Å². The molecule has 0 bridgehead atoms. The number of hydrogen-bond donors (Lipinski definition) is 1. The molecule has 0 aliphatic carbocycles. The molecule has 0 radical (unpaired) electrons. The van der Waals surface area contributed by atoms with Gasteiger partial charge in [-0.25, -0.2) is 9.97 Å². The van der Waals surface area contributed by atoms with Gasteiger partial charge >= 0.3 is 0 Å². The van der Waals surface area contributed by atoms with Gasteiger partial charge in [-0.3, -0.25) is 0 Å². The lowest BCUT2D eigenvalue weighted by Gasteiger charge is -2.04. The first-order valence-electron chi connectivity index (χ1n) is 3.80. The van der Waals surface area contributed by atoms with E-state index in [9.17, 15) is 0 Å². The predicted molar refractivity (Wildman–Crippen MR) is 51.9 cm³/mol. The van der Waals surface area contributed by atoms with E-state index in [1.807, 2.05) is 19.2 Å². The fourth-order valence-electron chi connectivity index (χ4n) is 0.867. The Hall–Kier alpha value is -0.610. The highest BCUT2D eigenvalue weighted by Crippen LogP contribution is 2.08. The maximum absolute atomic E-state index is 5.68. The maximum atomic E-state index is 5.68. The molecule has 0 spiro atoms. The van der Waals surface area contributed by atoms with Crippen LogP contribution in [0.1, 0.15) is 24.5 Å². The average Bonchev–Trinajstić information content (AvgIpc) is 2.05. The van der Waals surface area contributed by atoms with E-state index in [-0.39, 0.29) is 6.04 Å². The van der Waals surface area contributed by atoms with Gasteiger partial charge in [-0.2, -0.15) is 11.8 Å². The molecule has 2 N–H and O–H groups in total. The summed E-state index contributed by atoms with van der Waals surface area (Å²) in [4.78, 5) is 8.43. The second kappa shape index (κ2) is 4.42. The van der Waals surface area contributed by atoms with Crippen molar-refractivity contribution >= 4 is 11.8 Å². The Morgan fingerprint density at radius 1 is 1.67 bits per heavy atom. The van der Waals surface area contributed by atoms with Gasteiger partial charge in [0.2, 0.25) is 0 Å². The first-order chi connectivity index (χ1) is 5.74. The zero-order valence-electron chi connectivity index (χ0n) is 7.32. The summed E-state index contributed by atoms with van der Waals surface area (Å²) in [5.74, 6) is 1.71. The smallest absolute Gasteiger partial charge is 0.138 e. The molecular formula is C8H13N3S. The van der Waals surface area contributed by atoms with Crippen molar-refractivity contribution < 1.29 is 0 Å². The minimum atomic E-state index is -0.00592. The van der Waals surface area contributed by atoms with Gasteiger partial charge in [-0.05, 0) is 19.2 Å². The summed E-state index contributed by atoms with van der Waals surface area (Å²) in [6.45, 7) is 1.92. The van der Waals surface area contributed by atoms with Gasteiger partial charge in [0, 0.05) is 12.2 Å². The summed E-state index contributed by atoms with van der Waals surface area (Å²) in [7, 11) is 0. The molecule has 0 aliphatic heterocycles. The summed E-state index contributed by atoms with van der Waals surface area (Å²) in [6.07, 6.45) is 3.79. The molecular weight excluding hydrogens is 170 g/mol. The summed E-state index contributed by atoms with van der Waals surface area (Å²) in [6, 6.07) is 1.85. The van der Waals surface area contributed by atoms with Crippen molar-refractivity contribution in [1.29, 1.82) is 0 Å². The fourth-order valence-corrected chi connectivity index (χ4v) is 1.26. The topological polar surface area (TPSA) is 51.8 Å². The lowest BCUT2D eigenvalue weighted by atomic mass is 10.2. The van der Waals surface area contributed by atoms with Crippen molar-refractivity contribution in [2.24, 2.45) is 5.73 Å². The number of nitrogens with two attached hydrogens (primary N) is 1. The normalized spacial score (nSPS) is 12.9. The predicted octanol–water partition coefficient (Wildman–Crippen LogP) is 1.36. The Morgan fingerprint density at radius 3 is 3.00 bits per heavy atom. The molecule has 4 heteroatoms. The molecule has 0 saturated carbocycles. The van der Waals surface area contributed by atoms with E-state index in [2.05, 4.69) is 9.97 Å². The van der Waals surface area contributed by atoms with Crippen molar-refractivity contribution in [2.45, 2.75) is 18.7 Å². The third-order valence-electron chi connectivity index (χ3n) is 1.47. The Bertz CT molecular complexity index is 250. The van der Waals surface area contributed by atoms with Crippen LogP contribution in [0.5, 0.6) is 0 Å². The maximum Gasteiger partial charge on any atom is 0.138 e. The SMILES string of the molecule is CSCc1nccc(C(C)N)n1. The highest BCUT2D eigenvalue weighted by Gasteiger charge is 2.02. The van der Waals surface area contributed by atoms with Crippen LogP contribution in [0, 0.1) is 0 Å². The van der Waals surface area contributed by atoms with Crippen LogP contribution >= 0.6 is 11.8 Å². The molecule has 0 saturated heterocycles. The fraction of sp³-hybridized carbons (Fsp3) is 0.500. The standard InChI is InChI=1S/C8H13N3S/c1-6(9)7-3-4-10-8(11-7)5-12-2/h3-4,6H,5,9H2,1-2H3. The molecule has 1 atom stereocenters. The molecule has 0 aromatic carbocycles. The molecule has 0 fully saturated rings. The molecule has 1 heterocycles. The van der Waals surface area contributed by atoms with Crippen LogP contribution in [0.2, 0.25) is 0 Å². The highest BCUT2D eigenvalue weighted by atomic mass is 32.2. The van der Waals surface area contributed by atoms with Crippen LogP contribution in [-0.2, 0) is 5.75 Å². The minimum Gasteiger partial charge on any atom is -0.323 e. The van der Waals surface area contributed by atoms with Crippen LogP contribution < -0.4 is 5.73 Å². The third-order valence-corrected chi connectivity index (χ3v) is 2.01. The number of hydrogen-bond acceptors (Lipinski definition) is 4. The Kier molecular flexibility index (Phi) is 3.49. The van der Waals surface area contributed by atoms with Crippen molar-refractivity contribution in [3.05, 3.63) is 23.8 Å². The Morgan fingerprint density at radius 2 is 2.42 bits per heavy atom. The molecule has 1 aromatic heterocycles. The molecule has 66 valence electrons. The van der Waals surface area contributed by atoms with Crippen molar-refractivity contribution in [1.82, 2.24) is 9.97 Å². The van der Waals surface area contributed by atoms with Crippen LogP contribution in [0.15, 0.2) is 12.3 Å². The minimum absolute atomic E-state index is 0.00592. The van der Waals surface area contributed by atoms with Crippen molar-refractivity contribution in [2.75, 3.05) is 6.26 Å². The van der Waals surface area contributed by atoms with Gasteiger partial charge in [0.15, 0.2) is 0 Å². The molecule has 1 rings (SSSR count). The van der Waals surface area contributed by atoms with E-state index in [1.54, 1.807) is 18.0 Å². The van der Waals surface area contributed by atoms with Gasteiger partial charge in [-0.15, -0.1) is 0 Å². The molecule has 1 aromatic rings. The molecule has 0 amide bonds. The third kappa shape index (κ3) is 2.46. The summed E-state index contributed by atoms with van der Waals surface area (Å²) >= 11 is 1.71. The van der Waals surface area contributed by atoms with E-state index in [4.69, 9.17) is 5.73 Å². The van der Waals surface area contributed by atoms with Gasteiger partial charge in [0.05, 0.1) is 11.4 Å². The van der Waals surface area contributed by atoms with Crippen LogP contribution in [0.25, 0.3) is 0 Å². The lowest BCUT2D eigenvalue weighted by Crippen LogP contribution is -2.09. The summed E-state index contributed by atoms with van der Waals surface area (Å²) in [5.41, 5.74) is 6.59. The number of aromatic nitrogens is 2. The molecule has 12 heavy (non-hydrogen) atoms. The van der Waals surface area contributed by atoms with Crippen LogP contribution in [-0.4, -0.2) is 16.2 Å². The van der Waals surface area contributed by atoms with Gasteiger partial charge < -0.3 is 5.73 Å². The summed E-state index contributed by atoms with van der Waals surface area (Å²) < 4.78 is 0. The Labute approximate surface area is 76.8 Å². The number of thioether (sulfide) groups is 1. The van der Waals surface area contributed by atoms with Crippen molar-refractivity contribution in [3.63, 3.8) is 0 Å². The molecule has 1 unspecified atom stereocenters. The van der Waals surface area contributed by atoms with Crippen molar-refractivity contribution in [3.8, 4) is 0 Å². The van der Waals surface area contributed by atoms with Gasteiger partial charge in [-0.1, -0.05) is 0 Å². The first kappa shape index (κ1) is 9.48. The quantitative estimate of drug-likeness (QED) is 0.768. The van der Waals surface area contributed by atoms with Crippen LogP contribution in [0.3, 0.4) is 0 Å². The monoisotopic (exact) mass is 183 g/mol. The van der Waals surface area contributed by atoms with Gasteiger partial charge in [0.25, 0.3) is 0 Å². The zero-order valence-corrected chi connectivity index (χ0v) is 8.14. The zero-order chi connectivity index (χ0) is 8.97. The number of rotatable bonds is 3. The van der Waals surface area contributed by atoms with Gasteiger partial charge in [0.1, 0.15) is 5.82 Å². The van der Waals surface area contributed by atoms with Crippen LogP contribution in [0.4, 0.5) is 0 Å². The van der Waals surface area contributed by atoms with E-state index < -0.39 is 0 Å². The molecule has 3 nitrogen and oxygen atoms in total. The summed E-state index contributed by atoms with van der Waals surface area (Å²) in [5, 5.41) is 0. The van der Waals surface area contributed by atoms with E-state index in [0.29, 0.717) is 0 Å². The molecule has 0 aliphatic rings. The van der Waals surface area contributed by atoms with E-state index in [0.717, 1.165) is 17.3 Å². The van der Waals surface area contributed by atoms with E-state index in [1.165, 1.54) is 0 Å². The first-order valence-corrected chi connectivity index (χ1v) is 5.19.